The highest BCUT2D eigenvalue weighted by atomic mass is 19.1. The van der Waals surface area contributed by atoms with Crippen molar-refractivity contribution >= 4 is 11.6 Å². The second-order valence-corrected chi connectivity index (χ2v) is 6.69. The smallest absolute Gasteiger partial charge is 0.270 e. The second kappa shape index (κ2) is 8.79. The zero-order valence-corrected chi connectivity index (χ0v) is 15.6. The maximum absolute atomic E-state index is 13.1. The molecule has 0 aromatic heterocycles. The Morgan fingerprint density at radius 3 is 2.57 bits per heavy atom. The van der Waals surface area contributed by atoms with Gasteiger partial charge in [-0.3, -0.25) is 19.8 Å². The lowest BCUT2D eigenvalue weighted by Crippen LogP contribution is -2.35. The van der Waals surface area contributed by atoms with Crippen molar-refractivity contribution in [1.29, 1.82) is 0 Å². The van der Waals surface area contributed by atoms with Gasteiger partial charge in [-0.15, -0.1) is 0 Å². The molecule has 1 amide bonds. The van der Waals surface area contributed by atoms with Crippen LogP contribution in [-0.4, -0.2) is 53.9 Å². The molecular weight excluding hydrogens is 365 g/mol. The van der Waals surface area contributed by atoms with E-state index >= 15 is 0 Å². The number of hydrogen-bond donors (Lipinski definition) is 0. The van der Waals surface area contributed by atoms with Crippen molar-refractivity contribution in [2.75, 3.05) is 33.3 Å². The molecule has 1 aliphatic rings. The number of nitro groups is 1. The molecule has 0 unspecified atom stereocenters. The van der Waals surface area contributed by atoms with Crippen molar-refractivity contribution in [2.24, 2.45) is 0 Å². The van der Waals surface area contributed by atoms with Crippen LogP contribution in [0.25, 0.3) is 0 Å². The number of ether oxygens (including phenoxy) is 1. The molecule has 2 aromatic rings. The molecule has 1 fully saturated rings. The van der Waals surface area contributed by atoms with Crippen LogP contribution in [0.1, 0.15) is 22.3 Å². The summed E-state index contributed by atoms with van der Waals surface area (Å²) in [6.45, 7) is 3.23. The lowest BCUT2D eigenvalue weighted by molar-refractivity contribution is -0.384. The summed E-state index contributed by atoms with van der Waals surface area (Å²) in [5, 5.41) is 11.1. The highest BCUT2D eigenvalue weighted by Gasteiger charge is 2.24. The quantitative estimate of drug-likeness (QED) is 0.582. The lowest BCUT2D eigenvalue weighted by Gasteiger charge is -2.22. The van der Waals surface area contributed by atoms with E-state index in [2.05, 4.69) is 4.90 Å². The number of non-ortho nitro benzene ring substituents is 1. The fourth-order valence-corrected chi connectivity index (χ4v) is 3.33. The normalized spacial score (nSPS) is 15.1. The van der Waals surface area contributed by atoms with Gasteiger partial charge >= 0.3 is 0 Å². The van der Waals surface area contributed by atoms with Crippen LogP contribution in [0.4, 0.5) is 10.1 Å². The average Bonchev–Trinajstić information content (AvgIpc) is 2.94. The van der Waals surface area contributed by atoms with Crippen LogP contribution in [0.2, 0.25) is 0 Å². The maximum Gasteiger partial charge on any atom is 0.270 e. The van der Waals surface area contributed by atoms with Gasteiger partial charge in [0, 0.05) is 44.9 Å². The predicted octanol–water partition coefficient (Wildman–Crippen LogP) is 3.09. The van der Waals surface area contributed by atoms with Gasteiger partial charge in [0.15, 0.2) is 0 Å². The van der Waals surface area contributed by atoms with Crippen LogP contribution in [0.15, 0.2) is 42.5 Å². The maximum atomic E-state index is 13.1. The fourth-order valence-electron chi connectivity index (χ4n) is 3.33. The highest BCUT2D eigenvalue weighted by Crippen LogP contribution is 2.26. The molecule has 0 bridgehead atoms. The number of nitrogens with zero attached hydrogens (tertiary/aromatic N) is 3. The van der Waals surface area contributed by atoms with E-state index in [1.54, 1.807) is 17.0 Å². The minimum atomic E-state index is -0.525. The van der Waals surface area contributed by atoms with E-state index in [4.69, 9.17) is 4.74 Å². The zero-order valence-electron chi connectivity index (χ0n) is 15.6. The minimum absolute atomic E-state index is 0.142. The summed E-state index contributed by atoms with van der Waals surface area (Å²) < 4.78 is 18.3. The van der Waals surface area contributed by atoms with Crippen LogP contribution >= 0.6 is 0 Å². The lowest BCUT2D eigenvalue weighted by atomic mass is 10.1. The van der Waals surface area contributed by atoms with E-state index in [1.165, 1.54) is 37.4 Å². The third-order valence-corrected chi connectivity index (χ3v) is 4.82. The summed E-state index contributed by atoms with van der Waals surface area (Å²) in [7, 11) is 1.44. The number of hydrogen-bond acceptors (Lipinski definition) is 5. The van der Waals surface area contributed by atoms with Crippen molar-refractivity contribution in [1.82, 2.24) is 9.80 Å². The number of amides is 1. The monoisotopic (exact) mass is 387 g/mol. The minimum Gasteiger partial charge on any atom is -0.496 e. The van der Waals surface area contributed by atoms with Crippen LogP contribution in [0, 0.1) is 15.9 Å². The van der Waals surface area contributed by atoms with Gasteiger partial charge in [0.2, 0.25) is 0 Å². The van der Waals surface area contributed by atoms with E-state index in [1.807, 2.05) is 0 Å². The van der Waals surface area contributed by atoms with Gasteiger partial charge in [-0.1, -0.05) is 12.1 Å². The van der Waals surface area contributed by atoms with Crippen LogP contribution < -0.4 is 4.74 Å². The van der Waals surface area contributed by atoms with Crippen LogP contribution in [0.5, 0.6) is 5.75 Å². The SMILES string of the molecule is COc1ccc([N+](=O)[O-])cc1C(=O)N1CCCN(Cc2ccc(F)cc2)CC1. The average molecular weight is 387 g/mol. The molecule has 1 saturated heterocycles. The second-order valence-electron chi connectivity index (χ2n) is 6.69. The summed E-state index contributed by atoms with van der Waals surface area (Å²) in [4.78, 5) is 27.4. The Balaban J connectivity index is 1.69. The van der Waals surface area contributed by atoms with Gasteiger partial charge in [0.1, 0.15) is 11.6 Å². The van der Waals surface area contributed by atoms with E-state index in [0.717, 1.165) is 18.5 Å². The first kappa shape index (κ1) is 19.8. The molecule has 3 rings (SSSR count). The molecule has 0 saturated carbocycles. The number of halogens is 1. The Hall–Kier alpha value is -3.00. The van der Waals surface area contributed by atoms with Crippen LogP contribution in [0.3, 0.4) is 0 Å². The Labute approximate surface area is 162 Å². The Bertz CT molecular complexity index is 857. The molecule has 7 nitrogen and oxygen atoms in total. The number of methoxy groups -OCH3 is 1. The molecule has 0 aliphatic carbocycles. The van der Waals surface area contributed by atoms with Gasteiger partial charge in [0.25, 0.3) is 11.6 Å². The molecule has 148 valence electrons. The Kier molecular flexibility index (Phi) is 6.20. The summed E-state index contributed by atoms with van der Waals surface area (Å²) in [5.41, 5.74) is 1.07. The van der Waals surface area contributed by atoms with Crippen molar-refractivity contribution in [3.8, 4) is 5.75 Å². The van der Waals surface area contributed by atoms with Gasteiger partial charge in [0.05, 0.1) is 17.6 Å². The molecule has 0 spiro atoms. The molecule has 8 heteroatoms. The first-order valence-electron chi connectivity index (χ1n) is 9.06. The zero-order chi connectivity index (χ0) is 20.1. The third-order valence-electron chi connectivity index (χ3n) is 4.82. The van der Waals surface area contributed by atoms with Crippen LogP contribution in [-0.2, 0) is 6.54 Å². The molecule has 0 atom stereocenters. The summed E-state index contributed by atoms with van der Waals surface area (Å²) >= 11 is 0. The largest absolute Gasteiger partial charge is 0.496 e. The molecule has 0 N–H and O–H groups in total. The Morgan fingerprint density at radius 2 is 1.89 bits per heavy atom. The van der Waals surface area contributed by atoms with Gasteiger partial charge in [-0.05, 0) is 30.2 Å². The molecule has 28 heavy (non-hydrogen) atoms. The third kappa shape index (κ3) is 4.64. The fraction of sp³-hybridized carbons (Fsp3) is 0.350. The first-order valence-corrected chi connectivity index (χ1v) is 9.06. The number of rotatable bonds is 5. The predicted molar refractivity (Wildman–Crippen MR) is 102 cm³/mol. The molecular formula is C20H22FN3O4. The van der Waals surface area contributed by atoms with Crippen molar-refractivity contribution in [3.63, 3.8) is 0 Å². The van der Waals surface area contributed by atoms with E-state index < -0.39 is 4.92 Å². The topological polar surface area (TPSA) is 75.9 Å². The number of benzene rings is 2. The van der Waals surface area contributed by atoms with Gasteiger partial charge in [-0.2, -0.15) is 0 Å². The summed E-state index contributed by atoms with van der Waals surface area (Å²) in [5.74, 6) is -0.213. The van der Waals surface area contributed by atoms with Crippen molar-refractivity contribution < 1.29 is 18.8 Å². The number of nitro benzene ring substituents is 1. The standard InChI is InChI=1S/C20H22FN3O4/c1-28-19-8-7-17(24(26)27)13-18(19)20(25)23-10-2-9-22(11-12-23)14-15-3-5-16(21)6-4-15/h3-8,13H,2,9-12,14H2,1H3. The highest BCUT2D eigenvalue weighted by molar-refractivity contribution is 5.97. The Morgan fingerprint density at radius 1 is 1.14 bits per heavy atom. The van der Waals surface area contributed by atoms with Crippen molar-refractivity contribution in [2.45, 2.75) is 13.0 Å². The number of carbonyl (C=O) groups is 1. The number of carbonyl (C=O) groups excluding carboxylic acids is 1. The molecule has 1 heterocycles. The van der Waals surface area contributed by atoms with Gasteiger partial charge < -0.3 is 9.64 Å². The summed E-state index contributed by atoms with van der Waals surface area (Å²) in [6, 6.07) is 10.4. The first-order chi connectivity index (χ1) is 13.5. The summed E-state index contributed by atoms with van der Waals surface area (Å²) in [6.07, 6.45) is 0.782. The van der Waals surface area contributed by atoms with Gasteiger partial charge in [-0.25, -0.2) is 4.39 Å². The molecule has 0 radical (unpaired) electrons. The van der Waals surface area contributed by atoms with E-state index in [0.29, 0.717) is 31.9 Å². The van der Waals surface area contributed by atoms with Crippen molar-refractivity contribution in [3.05, 3.63) is 69.5 Å². The van der Waals surface area contributed by atoms with E-state index in [9.17, 15) is 19.3 Å². The molecule has 1 aliphatic heterocycles. The van der Waals surface area contributed by atoms with E-state index in [-0.39, 0.29) is 23.0 Å². The molecule has 2 aromatic carbocycles.